The number of hydrogen-bond acceptors (Lipinski definition) is 6. The molecule has 0 unspecified atom stereocenters. The highest BCUT2D eigenvalue weighted by Crippen LogP contribution is 2.22. The number of rotatable bonds is 1. The second kappa shape index (κ2) is 3.35. The minimum Gasteiger partial charge on any atom is -0.306 e. The molecule has 0 saturated heterocycles. The lowest BCUT2D eigenvalue weighted by atomic mass is 10.2. The van der Waals surface area contributed by atoms with E-state index in [0.717, 1.165) is 16.4 Å². The number of hydrazine groups is 1. The van der Waals surface area contributed by atoms with Crippen LogP contribution in [-0.2, 0) is 0 Å². The molecular formula is C10H8N6. The Kier molecular flexibility index (Phi) is 1.87. The van der Waals surface area contributed by atoms with E-state index in [2.05, 4.69) is 25.6 Å². The van der Waals surface area contributed by atoms with Crippen molar-refractivity contribution in [1.82, 2.24) is 20.2 Å². The molecule has 0 amide bonds. The average Bonchev–Trinajstić information content (AvgIpc) is 2.37. The fourth-order valence-corrected chi connectivity index (χ4v) is 1.64. The molecule has 16 heavy (non-hydrogen) atoms. The molecule has 78 valence electrons. The van der Waals surface area contributed by atoms with Crippen LogP contribution in [0.5, 0.6) is 0 Å². The van der Waals surface area contributed by atoms with E-state index in [1.165, 1.54) is 6.33 Å². The summed E-state index contributed by atoms with van der Waals surface area (Å²) < 4.78 is 0. The first kappa shape index (κ1) is 8.93. The monoisotopic (exact) mass is 212 g/mol. The summed E-state index contributed by atoms with van der Waals surface area (Å²) in [6.45, 7) is 0. The van der Waals surface area contributed by atoms with Crippen molar-refractivity contribution in [3.63, 3.8) is 0 Å². The Morgan fingerprint density at radius 1 is 1.00 bits per heavy atom. The van der Waals surface area contributed by atoms with Crippen molar-refractivity contribution >= 4 is 27.8 Å². The van der Waals surface area contributed by atoms with E-state index in [0.29, 0.717) is 11.3 Å². The summed E-state index contributed by atoms with van der Waals surface area (Å²) >= 11 is 0. The maximum absolute atomic E-state index is 5.35. The predicted molar refractivity (Wildman–Crippen MR) is 60.4 cm³/mol. The summed E-state index contributed by atoms with van der Waals surface area (Å²) in [5.74, 6) is 5.83. The third kappa shape index (κ3) is 1.17. The Morgan fingerprint density at radius 3 is 2.75 bits per heavy atom. The van der Waals surface area contributed by atoms with Crippen LogP contribution in [0, 0.1) is 0 Å². The molecule has 3 rings (SSSR count). The summed E-state index contributed by atoms with van der Waals surface area (Å²) in [5, 5.41) is 9.09. The molecule has 0 fully saturated rings. The van der Waals surface area contributed by atoms with Crippen molar-refractivity contribution in [2.75, 3.05) is 5.43 Å². The average molecular weight is 212 g/mol. The van der Waals surface area contributed by atoms with Crippen LogP contribution in [0.15, 0.2) is 30.6 Å². The van der Waals surface area contributed by atoms with Crippen LogP contribution >= 0.6 is 0 Å². The van der Waals surface area contributed by atoms with Crippen molar-refractivity contribution < 1.29 is 0 Å². The lowest BCUT2D eigenvalue weighted by molar-refractivity contribution is 1.09. The second-order valence-electron chi connectivity index (χ2n) is 3.28. The highest BCUT2D eigenvalue weighted by Gasteiger charge is 2.08. The van der Waals surface area contributed by atoms with Gasteiger partial charge >= 0.3 is 0 Å². The van der Waals surface area contributed by atoms with Gasteiger partial charge in [0, 0.05) is 5.39 Å². The first-order chi connectivity index (χ1) is 7.90. The van der Waals surface area contributed by atoms with Crippen LogP contribution < -0.4 is 11.3 Å². The molecule has 2 heterocycles. The molecule has 0 bridgehead atoms. The van der Waals surface area contributed by atoms with E-state index in [-0.39, 0.29) is 0 Å². The quantitative estimate of drug-likeness (QED) is 0.353. The van der Waals surface area contributed by atoms with Gasteiger partial charge in [-0.15, -0.1) is 10.2 Å². The second-order valence-corrected chi connectivity index (χ2v) is 3.28. The molecule has 0 spiro atoms. The van der Waals surface area contributed by atoms with Crippen molar-refractivity contribution in [1.29, 1.82) is 0 Å². The van der Waals surface area contributed by atoms with E-state index in [1.54, 1.807) is 0 Å². The molecule has 6 heteroatoms. The lowest BCUT2D eigenvalue weighted by Gasteiger charge is -2.03. The topological polar surface area (TPSA) is 89.6 Å². The van der Waals surface area contributed by atoms with Gasteiger partial charge in [0.2, 0.25) is 0 Å². The van der Waals surface area contributed by atoms with Gasteiger partial charge < -0.3 is 5.43 Å². The fraction of sp³-hybridized carbons (Fsp3) is 0. The van der Waals surface area contributed by atoms with E-state index >= 15 is 0 Å². The van der Waals surface area contributed by atoms with Gasteiger partial charge in [-0.3, -0.25) is 0 Å². The Hall–Kier alpha value is -2.34. The maximum atomic E-state index is 5.35. The number of nitrogen functional groups attached to an aromatic ring is 1. The molecular weight excluding hydrogens is 204 g/mol. The summed E-state index contributed by atoms with van der Waals surface area (Å²) in [6, 6.07) is 7.67. The molecule has 1 aromatic carbocycles. The zero-order valence-electron chi connectivity index (χ0n) is 8.25. The van der Waals surface area contributed by atoms with Gasteiger partial charge in [-0.1, -0.05) is 18.2 Å². The van der Waals surface area contributed by atoms with Crippen LogP contribution in [-0.4, -0.2) is 20.2 Å². The Labute approximate surface area is 90.5 Å². The Morgan fingerprint density at radius 2 is 1.88 bits per heavy atom. The summed E-state index contributed by atoms with van der Waals surface area (Å²) in [7, 11) is 0. The molecule has 3 N–H and O–H groups in total. The first-order valence-corrected chi connectivity index (χ1v) is 4.73. The number of aromatic nitrogens is 4. The number of nitrogens with one attached hydrogen (secondary N) is 1. The van der Waals surface area contributed by atoms with Gasteiger partial charge in [-0.05, 0) is 6.07 Å². The maximum Gasteiger partial charge on any atom is 0.171 e. The van der Waals surface area contributed by atoms with Crippen LogP contribution in [0.2, 0.25) is 0 Å². The number of nitrogens with zero attached hydrogens (tertiary/aromatic N) is 4. The van der Waals surface area contributed by atoms with Crippen molar-refractivity contribution in [2.45, 2.75) is 0 Å². The molecule has 0 radical (unpaired) electrons. The number of fused-ring (bicyclic) bond motifs is 3. The van der Waals surface area contributed by atoms with Crippen molar-refractivity contribution in [2.24, 2.45) is 5.84 Å². The van der Waals surface area contributed by atoms with Gasteiger partial charge in [0.15, 0.2) is 11.3 Å². The Bertz CT molecular complexity index is 666. The number of benzene rings is 1. The standard InChI is InChI=1S/C10H8N6/c11-14-10-9-8(12-5-13-10)6-3-1-2-4-7(6)15-16-9/h1-5H,11H2,(H,12,13,14). The van der Waals surface area contributed by atoms with Gasteiger partial charge in [0.1, 0.15) is 11.8 Å². The number of anilines is 1. The van der Waals surface area contributed by atoms with E-state index < -0.39 is 0 Å². The minimum atomic E-state index is 0.475. The van der Waals surface area contributed by atoms with Gasteiger partial charge in [0.05, 0.1) is 5.52 Å². The molecule has 6 nitrogen and oxygen atoms in total. The summed E-state index contributed by atoms with van der Waals surface area (Å²) in [6.07, 6.45) is 1.45. The van der Waals surface area contributed by atoms with Crippen molar-refractivity contribution in [3.05, 3.63) is 30.6 Å². The van der Waals surface area contributed by atoms with E-state index in [4.69, 9.17) is 5.84 Å². The SMILES string of the molecule is NNc1ncnc2c1nnc1ccccc12. The fourth-order valence-electron chi connectivity index (χ4n) is 1.64. The Balaban J connectivity index is 2.52. The molecule has 0 aliphatic heterocycles. The number of hydrogen-bond donors (Lipinski definition) is 2. The highest BCUT2D eigenvalue weighted by molar-refractivity contribution is 6.03. The highest BCUT2D eigenvalue weighted by atomic mass is 15.3. The van der Waals surface area contributed by atoms with E-state index in [1.807, 2.05) is 24.3 Å². The zero-order chi connectivity index (χ0) is 11.0. The first-order valence-electron chi connectivity index (χ1n) is 4.73. The molecule has 3 aromatic rings. The van der Waals surface area contributed by atoms with Gasteiger partial charge in [-0.2, -0.15) is 0 Å². The molecule has 0 saturated carbocycles. The third-order valence-corrected chi connectivity index (χ3v) is 2.38. The van der Waals surface area contributed by atoms with Crippen LogP contribution in [0.3, 0.4) is 0 Å². The molecule has 2 aromatic heterocycles. The molecule has 0 atom stereocenters. The van der Waals surface area contributed by atoms with Crippen molar-refractivity contribution in [3.8, 4) is 0 Å². The van der Waals surface area contributed by atoms with Crippen LogP contribution in [0.4, 0.5) is 5.82 Å². The van der Waals surface area contributed by atoms with Gasteiger partial charge in [-0.25, -0.2) is 15.8 Å². The van der Waals surface area contributed by atoms with Gasteiger partial charge in [0.25, 0.3) is 0 Å². The summed E-state index contributed by atoms with van der Waals surface area (Å²) in [4.78, 5) is 8.19. The van der Waals surface area contributed by atoms with E-state index in [9.17, 15) is 0 Å². The largest absolute Gasteiger partial charge is 0.306 e. The lowest BCUT2D eigenvalue weighted by Crippen LogP contribution is -2.10. The minimum absolute atomic E-state index is 0.475. The smallest absolute Gasteiger partial charge is 0.171 e. The van der Waals surface area contributed by atoms with Crippen LogP contribution in [0.1, 0.15) is 0 Å². The number of nitrogens with two attached hydrogens (primary N) is 1. The normalized spacial score (nSPS) is 10.8. The predicted octanol–water partition coefficient (Wildman–Crippen LogP) is 0.859. The third-order valence-electron chi connectivity index (χ3n) is 2.38. The summed E-state index contributed by atoms with van der Waals surface area (Å²) in [5.41, 5.74) is 4.60. The molecule has 0 aliphatic rings. The zero-order valence-corrected chi connectivity index (χ0v) is 8.25. The molecule has 0 aliphatic carbocycles. The van der Waals surface area contributed by atoms with Crippen LogP contribution in [0.25, 0.3) is 21.9 Å².